The molecule has 1 saturated heterocycles. The molecule has 34 heavy (non-hydrogen) atoms. The fourth-order valence-electron chi connectivity index (χ4n) is 4.95. The number of amides is 4. The average molecular weight is 471 g/mol. The molecule has 0 aromatic heterocycles. The maximum atomic E-state index is 13.0. The van der Waals surface area contributed by atoms with Crippen LogP contribution in [0.2, 0.25) is 0 Å². The van der Waals surface area contributed by atoms with Gasteiger partial charge in [-0.1, -0.05) is 6.07 Å². The summed E-state index contributed by atoms with van der Waals surface area (Å²) < 4.78 is 5.40. The van der Waals surface area contributed by atoms with Crippen LogP contribution in [0.15, 0.2) is 18.2 Å². The van der Waals surface area contributed by atoms with Gasteiger partial charge in [-0.05, 0) is 70.9 Å². The minimum atomic E-state index is -0.614. The minimum Gasteiger partial charge on any atom is -0.449 e. The summed E-state index contributed by atoms with van der Waals surface area (Å²) >= 11 is 0. The van der Waals surface area contributed by atoms with Gasteiger partial charge in [-0.15, -0.1) is 0 Å². The number of ether oxygens (including phenoxy) is 1. The van der Waals surface area contributed by atoms with E-state index in [1.165, 1.54) is 0 Å². The summed E-state index contributed by atoms with van der Waals surface area (Å²) in [6.07, 6.45) is 4.03. The molecule has 2 fully saturated rings. The Morgan fingerprint density at radius 3 is 2.53 bits per heavy atom. The second-order valence-electron chi connectivity index (χ2n) is 10.6. The van der Waals surface area contributed by atoms with Gasteiger partial charge in [0, 0.05) is 41.4 Å². The topological polar surface area (TPSA) is 117 Å². The molecule has 0 spiro atoms. The molecule has 9 nitrogen and oxygen atoms in total. The van der Waals surface area contributed by atoms with Crippen LogP contribution in [0.5, 0.6) is 0 Å². The van der Waals surface area contributed by atoms with Gasteiger partial charge in [0.25, 0.3) is 5.91 Å². The Morgan fingerprint density at radius 2 is 1.85 bits per heavy atom. The maximum absolute atomic E-state index is 13.0. The third-order valence-electron chi connectivity index (χ3n) is 6.72. The number of nitrogens with one attached hydrogen (secondary N) is 3. The van der Waals surface area contributed by atoms with Gasteiger partial charge < -0.3 is 20.3 Å². The van der Waals surface area contributed by atoms with Gasteiger partial charge in [0.2, 0.25) is 11.8 Å². The molecule has 1 atom stereocenters. The van der Waals surface area contributed by atoms with Crippen LogP contribution in [0.1, 0.15) is 75.2 Å². The highest BCUT2D eigenvalue weighted by Gasteiger charge is 2.40. The first-order valence-electron chi connectivity index (χ1n) is 12.1. The number of nitrogens with zero attached hydrogens (tertiary/aromatic N) is 1. The van der Waals surface area contributed by atoms with Crippen molar-refractivity contribution in [3.63, 3.8) is 0 Å². The summed E-state index contributed by atoms with van der Waals surface area (Å²) in [5.41, 5.74) is 2.12. The Balaban J connectivity index is 1.32. The number of piperidine rings is 1. The van der Waals surface area contributed by atoms with Crippen LogP contribution in [0.4, 0.5) is 10.5 Å². The molecular formula is C25H34N4O5. The van der Waals surface area contributed by atoms with Crippen molar-refractivity contribution in [2.75, 3.05) is 11.9 Å². The van der Waals surface area contributed by atoms with E-state index < -0.39 is 11.9 Å². The van der Waals surface area contributed by atoms with Crippen LogP contribution in [0.25, 0.3) is 0 Å². The zero-order valence-corrected chi connectivity index (χ0v) is 20.1. The highest BCUT2D eigenvalue weighted by atomic mass is 16.5. The molecule has 1 aromatic carbocycles. The van der Waals surface area contributed by atoms with Crippen LogP contribution in [0, 0.1) is 5.92 Å². The molecule has 184 valence electrons. The Morgan fingerprint density at radius 1 is 1.12 bits per heavy atom. The maximum Gasteiger partial charge on any atom is 0.407 e. The molecule has 0 bridgehead atoms. The summed E-state index contributed by atoms with van der Waals surface area (Å²) in [6, 6.07) is 5.29. The quantitative estimate of drug-likeness (QED) is 0.570. The van der Waals surface area contributed by atoms with Crippen molar-refractivity contribution in [2.45, 2.75) is 83.5 Å². The van der Waals surface area contributed by atoms with E-state index in [-0.39, 0.29) is 35.9 Å². The van der Waals surface area contributed by atoms with E-state index in [0.29, 0.717) is 31.1 Å². The van der Waals surface area contributed by atoms with Gasteiger partial charge in [-0.25, -0.2) is 4.79 Å². The minimum absolute atomic E-state index is 0.164. The Kier molecular flexibility index (Phi) is 6.81. The van der Waals surface area contributed by atoms with E-state index in [2.05, 4.69) is 16.0 Å². The van der Waals surface area contributed by atoms with Gasteiger partial charge >= 0.3 is 6.09 Å². The number of anilines is 1. The number of imide groups is 1. The average Bonchev–Trinajstić information content (AvgIpc) is 3.09. The number of carbonyl (C=O) groups excluding carboxylic acids is 4. The third kappa shape index (κ3) is 5.51. The molecule has 3 N–H and O–H groups in total. The van der Waals surface area contributed by atoms with Crippen molar-refractivity contribution in [1.82, 2.24) is 15.5 Å². The van der Waals surface area contributed by atoms with Gasteiger partial charge in [-0.2, -0.15) is 0 Å². The zero-order valence-electron chi connectivity index (χ0n) is 20.1. The summed E-state index contributed by atoms with van der Waals surface area (Å²) in [6.45, 7) is 6.54. The lowest BCUT2D eigenvalue weighted by Gasteiger charge is -2.31. The first-order valence-corrected chi connectivity index (χ1v) is 12.1. The van der Waals surface area contributed by atoms with Crippen LogP contribution in [0.3, 0.4) is 0 Å². The van der Waals surface area contributed by atoms with E-state index in [1.54, 1.807) is 11.0 Å². The monoisotopic (exact) mass is 470 g/mol. The van der Waals surface area contributed by atoms with E-state index in [4.69, 9.17) is 4.74 Å². The molecule has 4 rings (SSSR count). The number of fused-ring (bicyclic) bond motifs is 1. The molecule has 1 aromatic rings. The highest BCUT2D eigenvalue weighted by Crippen LogP contribution is 2.34. The molecule has 1 aliphatic carbocycles. The van der Waals surface area contributed by atoms with Crippen LogP contribution in [-0.4, -0.2) is 52.9 Å². The van der Waals surface area contributed by atoms with Gasteiger partial charge in [0.05, 0.1) is 6.61 Å². The number of carbonyl (C=O) groups is 4. The Bertz CT molecular complexity index is 978. The predicted molar refractivity (Wildman–Crippen MR) is 126 cm³/mol. The lowest BCUT2D eigenvalue weighted by atomic mass is 9.86. The molecular weight excluding hydrogens is 436 g/mol. The molecule has 9 heteroatoms. The van der Waals surface area contributed by atoms with Gasteiger partial charge in [-0.3, -0.25) is 19.7 Å². The smallest absolute Gasteiger partial charge is 0.407 e. The van der Waals surface area contributed by atoms with Crippen LogP contribution < -0.4 is 16.0 Å². The van der Waals surface area contributed by atoms with Crippen molar-refractivity contribution < 1.29 is 23.9 Å². The molecule has 0 radical (unpaired) electrons. The Hall–Kier alpha value is -3.10. The largest absolute Gasteiger partial charge is 0.449 e. The normalized spacial score (nSPS) is 25.0. The zero-order chi connectivity index (χ0) is 24.5. The number of alkyl carbamates (subject to hydrolysis) is 1. The fraction of sp³-hybridized carbons (Fsp3) is 0.600. The van der Waals surface area contributed by atoms with Crippen molar-refractivity contribution in [1.29, 1.82) is 0 Å². The van der Waals surface area contributed by atoms with Gasteiger partial charge in [0.15, 0.2) is 0 Å². The summed E-state index contributed by atoms with van der Waals surface area (Å²) in [4.78, 5) is 50.3. The standard InChI is InChI=1S/C25H34N4O5/c1-25(2,3)28-24(33)34-14-15-7-9-16(10-8-15)26-19-6-4-5-17-18(19)13-29(23(17)32)20-11-12-21(30)27-22(20)31/h4-6,15-16,20,26H,7-14H2,1-3H3,(H,28,33)(H,27,30,31). The van der Waals surface area contributed by atoms with E-state index >= 15 is 0 Å². The predicted octanol–water partition coefficient (Wildman–Crippen LogP) is 2.94. The lowest BCUT2D eigenvalue weighted by molar-refractivity contribution is -0.136. The number of rotatable bonds is 5. The molecule has 4 amide bonds. The molecule has 1 saturated carbocycles. The van der Waals surface area contributed by atoms with E-state index in [1.807, 2.05) is 32.9 Å². The first kappa shape index (κ1) is 24.0. The summed E-state index contributed by atoms with van der Waals surface area (Å²) in [5.74, 6) is -0.510. The van der Waals surface area contributed by atoms with E-state index in [0.717, 1.165) is 36.9 Å². The number of hydrogen-bond donors (Lipinski definition) is 3. The molecule has 3 aliphatic rings. The third-order valence-corrected chi connectivity index (χ3v) is 6.72. The van der Waals surface area contributed by atoms with Crippen molar-refractivity contribution in [3.05, 3.63) is 29.3 Å². The Labute approximate surface area is 200 Å². The van der Waals surface area contributed by atoms with Crippen molar-refractivity contribution in [3.8, 4) is 0 Å². The molecule has 2 heterocycles. The summed E-state index contributed by atoms with van der Waals surface area (Å²) in [7, 11) is 0. The fourth-order valence-corrected chi connectivity index (χ4v) is 4.95. The summed E-state index contributed by atoms with van der Waals surface area (Å²) in [5, 5.41) is 8.76. The number of benzene rings is 1. The number of hydrogen-bond acceptors (Lipinski definition) is 6. The van der Waals surface area contributed by atoms with Crippen molar-refractivity contribution >= 4 is 29.5 Å². The highest BCUT2D eigenvalue weighted by molar-refractivity contribution is 6.06. The van der Waals surface area contributed by atoms with Gasteiger partial charge in [0.1, 0.15) is 6.04 Å². The SMILES string of the molecule is CC(C)(C)NC(=O)OCC1CCC(Nc2cccc3c2CN(C2CCC(=O)NC2=O)C3=O)CC1. The lowest BCUT2D eigenvalue weighted by Crippen LogP contribution is -2.52. The second-order valence-corrected chi connectivity index (χ2v) is 10.6. The van der Waals surface area contributed by atoms with Crippen LogP contribution in [-0.2, 0) is 20.9 Å². The van der Waals surface area contributed by atoms with Crippen LogP contribution >= 0.6 is 0 Å². The molecule has 1 unspecified atom stereocenters. The first-order chi connectivity index (χ1) is 16.1. The second kappa shape index (κ2) is 9.64. The molecule has 2 aliphatic heterocycles. The van der Waals surface area contributed by atoms with Crippen molar-refractivity contribution in [2.24, 2.45) is 5.92 Å². The van der Waals surface area contributed by atoms with E-state index in [9.17, 15) is 19.2 Å².